The molecule has 115 valence electrons. The lowest BCUT2D eigenvalue weighted by molar-refractivity contribution is -0.115. The van der Waals surface area contributed by atoms with Gasteiger partial charge in [-0.2, -0.15) is 5.32 Å². The number of benzene rings is 1. The van der Waals surface area contributed by atoms with Crippen LogP contribution in [0.2, 0.25) is 0 Å². The number of aryl methyl sites for hydroxylation is 1. The van der Waals surface area contributed by atoms with Crippen molar-refractivity contribution in [1.82, 2.24) is 5.32 Å². The number of rotatable bonds is 4. The van der Waals surface area contributed by atoms with E-state index in [-0.39, 0.29) is 5.91 Å². The summed E-state index contributed by atoms with van der Waals surface area (Å²) in [6, 6.07) is 6.48. The third kappa shape index (κ3) is 3.36. The standard InChI is InChI=1S/C17H19N2OS2/c1-2-3-8-19-9-4-5-13-10-12(6-7-14(13)19)11-15-16(20)18-17(21)22-15/h6-7,10-11H,2-5,8-9H2,1H3/b15-11-. The molecular formula is C17H19N2OS2. The minimum atomic E-state index is -0.211. The van der Waals surface area contributed by atoms with Crippen LogP contribution in [0.5, 0.6) is 0 Å². The van der Waals surface area contributed by atoms with Crippen molar-refractivity contribution >= 4 is 46.0 Å². The van der Waals surface area contributed by atoms with Gasteiger partial charge < -0.3 is 4.90 Å². The summed E-state index contributed by atoms with van der Waals surface area (Å²) >= 11 is 6.25. The molecule has 1 amide bonds. The van der Waals surface area contributed by atoms with Gasteiger partial charge >= 0.3 is 0 Å². The lowest BCUT2D eigenvalue weighted by atomic mass is 9.98. The molecule has 1 fully saturated rings. The van der Waals surface area contributed by atoms with Crippen molar-refractivity contribution < 1.29 is 4.79 Å². The van der Waals surface area contributed by atoms with Gasteiger partial charge in [0.05, 0.1) is 4.91 Å². The molecular weight excluding hydrogens is 312 g/mol. The smallest absolute Gasteiger partial charge is 0.285 e. The first kappa shape index (κ1) is 15.6. The lowest BCUT2D eigenvalue weighted by Crippen LogP contribution is -2.30. The molecule has 2 aliphatic heterocycles. The Bertz CT molecular complexity index is 640. The average molecular weight is 331 g/mol. The highest BCUT2D eigenvalue weighted by molar-refractivity contribution is 8.26. The maximum atomic E-state index is 11.7. The summed E-state index contributed by atoms with van der Waals surface area (Å²) in [5, 5.41) is 3.78. The van der Waals surface area contributed by atoms with Gasteiger partial charge in [-0.15, -0.1) is 0 Å². The zero-order valence-electron chi connectivity index (χ0n) is 12.7. The van der Waals surface area contributed by atoms with E-state index in [0.717, 1.165) is 25.1 Å². The number of carbonyl (C=O) groups excluding carboxylic acids is 1. The average Bonchev–Trinajstić information content (AvgIpc) is 2.82. The predicted molar refractivity (Wildman–Crippen MR) is 97.2 cm³/mol. The van der Waals surface area contributed by atoms with Gasteiger partial charge in [-0.3, -0.25) is 4.79 Å². The van der Waals surface area contributed by atoms with Crippen LogP contribution in [0.3, 0.4) is 0 Å². The number of hydrogen-bond acceptors (Lipinski definition) is 4. The molecule has 0 N–H and O–H groups in total. The van der Waals surface area contributed by atoms with E-state index in [1.54, 1.807) is 0 Å². The van der Waals surface area contributed by atoms with Crippen molar-refractivity contribution in [3.8, 4) is 0 Å². The van der Waals surface area contributed by atoms with Gasteiger partial charge in [0.2, 0.25) is 0 Å². The van der Waals surface area contributed by atoms with E-state index >= 15 is 0 Å². The highest BCUT2D eigenvalue weighted by atomic mass is 32.2. The highest BCUT2D eigenvalue weighted by Gasteiger charge is 2.24. The normalized spacial score (nSPS) is 19.5. The summed E-state index contributed by atoms with van der Waals surface area (Å²) in [6.07, 6.45) is 6.66. The number of nitrogens with zero attached hydrogens (tertiary/aromatic N) is 2. The first-order valence-electron chi connectivity index (χ1n) is 7.75. The van der Waals surface area contributed by atoms with E-state index in [9.17, 15) is 4.79 Å². The SMILES string of the molecule is CCCCN1CCCc2cc(/C=C3\SC(=S)[N]C3=O)ccc21. The first-order chi connectivity index (χ1) is 10.7. The topological polar surface area (TPSA) is 34.4 Å². The summed E-state index contributed by atoms with van der Waals surface area (Å²) in [4.78, 5) is 14.8. The second-order valence-corrected chi connectivity index (χ2v) is 7.30. The van der Waals surface area contributed by atoms with Gasteiger partial charge in [0.25, 0.3) is 5.91 Å². The molecule has 2 heterocycles. The molecule has 1 radical (unpaired) electrons. The summed E-state index contributed by atoms with van der Waals surface area (Å²) in [7, 11) is 0. The van der Waals surface area contributed by atoms with Crippen LogP contribution in [0.25, 0.3) is 6.08 Å². The van der Waals surface area contributed by atoms with E-state index in [2.05, 4.69) is 35.3 Å². The van der Waals surface area contributed by atoms with E-state index in [1.165, 1.54) is 42.3 Å². The number of amides is 1. The molecule has 0 aromatic heterocycles. The van der Waals surface area contributed by atoms with Gasteiger partial charge in [-0.25, -0.2) is 0 Å². The number of fused-ring (bicyclic) bond motifs is 1. The Balaban J connectivity index is 1.83. The quantitative estimate of drug-likeness (QED) is 0.622. The van der Waals surface area contributed by atoms with Gasteiger partial charge in [0.1, 0.15) is 0 Å². The molecule has 1 aromatic rings. The molecule has 3 rings (SSSR count). The Morgan fingerprint density at radius 3 is 3.05 bits per heavy atom. The Kier molecular flexibility index (Phi) is 4.84. The van der Waals surface area contributed by atoms with E-state index in [4.69, 9.17) is 12.2 Å². The van der Waals surface area contributed by atoms with E-state index in [0.29, 0.717) is 9.23 Å². The van der Waals surface area contributed by atoms with Crippen LogP contribution in [0.15, 0.2) is 23.1 Å². The highest BCUT2D eigenvalue weighted by Crippen LogP contribution is 2.31. The van der Waals surface area contributed by atoms with Crippen LogP contribution in [-0.2, 0) is 11.2 Å². The van der Waals surface area contributed by atoms with Crippen LogP contribution in [0.1, 0.15) is 37.3 Å². The van der Waals surface area contributed by atoms with Gasteiger partial charge in [-0.05, 0) is 60.8 Å². The molecule has 1 saturated heterocycles. The Morgan fingerprint density at radius 2 is 2.32 bits per heavy atom. The Labute approximate surface area is 141 Å². The van der Waals surface area contributed by atoms with Crippen molar-refractivity contribution in [3.05, 3.63) is 34.2 Å². The zero-order valence-corrected chi connectivity index (χ0v) is 14.3. The molecule has 0 saturated carbocycles. The Morgan fingerprint density at radius 1 is 1.45 bits per heavy atom. The number of thiocarbonyl (C=S) groups is 1. The number of hydrogen-bond donors (Lipinski definition) is 0. The monoisotopic (exact) mass is 331 g/mol. The molecule has 0 unspecified atom stereocenters. The summed E-state index contributed by atoms with van der Waals surface area (Å²) in [5.74, 6) is -0.211. The molecule has 3 nitrogen and oxygen atoms in total. The van der Waals surface area contributed by atoms with Gasteiger partial charge in [0.15, 0.2) is 4.32 Å². The maximum absolute atomic E-state index is 11.7. The second kappa shape index (κ2) is 6.84. The molecule has 0 aliphatic carbocycles. The maximum Gasteiger partial charge on any atom is 0.285 e. The molecule has 5 heteroatoms. The third-order valence-electron chi connectivity index (χ3n) is 4.00. The molecule has 22 heavy (non-hydrogen) atoms. The largest absolute Gasteiger partial charge is 0.371 e. The minimum Gasteiger partial charge on any atom is -0.371 e. The lowest BCUT2D eigenvalue weighted by Gasteiger charge is -2.31. The fourth-order valence-electron chi connectivity index (χ4n) is 2.91. The minimum absolute atomic E-state index is 0.211. The van der Waals surface area contributed by atoms with Gasteiger partial charge in [-0.1, -0.05) is 31.2 Å². The van der Waals surface area contributed by atoms with Crippen molar-refractivity contribution in [3.63, 3.8) is 0 Å². The summed E-state index contributed by atoms with van der Waals surface area (Å²) in [5.41, 5.74) is 3.80. The predicted octanol–water partition coefficient (Wildman–Crippen LogP) is 3.74. The van der Waals surface area contributed by atoms with Crippen LogP contribution in [0, 0.1) is 0 Å². The summed E-state index contributed by atoms with van der Waals surface area (Å²) < 4.78 is 0.417. The molecule has 0 atom stereocenters. The molecule has 0 spiro atoms. The molecule has 0 bridgehead atoms. The number of thioether (sulfide) groups is 1. The molecule has 1 aromatic carbocycles. The van der Waals surface area contributed by atoms with Crippen molar-refractivity contribution in [2.45, 2.75) is 32.6 Å². The van der Waals surface area contributed by atoms with Crippen molar-refractivity contribution in [2.24, 2.45) is 0 Å². The number of anilines is 1. The van der Waals surface area contributed by atoms with E-state index < -0.39 is 0 Å². The third-order valence-corrected chi connectivity index (χ3v) is 5.12. The first-order valence-corrected chi connectivity index (χ1v) is 8.97. The van der Waals surface area contributed by atoms with Crippen LogP contribution >= 0.6 is 24.0 Å². The number of carbonyl (C=O) groups is 1. The fourth-order valence-corrected chi connectivity index (χ4v) is 3.90. The summed E-state index contributed by atoms with van der Waals surface area (Å²) in [6.45, 7) is 4.51. The van der Waals surface area contributed by atoms with Gasteiger partial charge in [0, 0.05) is 18.8 Å². The van der Waals surface area contributed by atoms with Crippen LogP contribution in [-0.4, -0.2) is 23.3 Å². The molecule has 2 aliphatic rings. The fraction of sp³-hybridized carbons (Fsp3) is 0.412. The zero-order chi connectivity index (χ0) is 15.5. The van der Waals surface area contributed by atoms with Crippen molar-refractivity contribution in [1.29, 1.82) is 0 Å². The van der Waals surface area contributed by atoms with E-state index in [1.807, 2.05) is 6.08 Å². The van der Waals surface area contributed by atoms with Crippen molar-refractivity contribution in [2.75, 3.05) is 18.0 Å². The number of unbranched alkanes of at least 4 members (excludes halogenated alkanes) is 1. The van der Waals surface area contributed by atoms with Crippen LogP contribution < -0.4 is 10.2 Å². The second-order valence-electron chi connectivity index (χ2n) is 5.63. The van der Waals surface area contributed by atoms with Crippen LogP contribution in [0.4, 0.5) is 5.69 Å². The Hall–Kier alpha value is -1.33.